The van der Waals surface area contributed by atoms with Gasteiger partial charge in [-0.2, -0.15) is 8.42 Å². The molecule has 1 fully saturated rings. The van der Waals surface area contributed by atoms with E-state index in [0.29, 0.717) is 9.13 Å². The molecule has 36 heavy (non-hydrogen) atoms. The Morgan fingerprint density at radius 2 is 1.78 bits per heavy atom. The number of thioether (sulfide) groups is 1. The molecule has 0 bridgehead atoms. The SMILES string of the molecule is COc1cc(/C=C2\SC(=O)N(Cc3ccccc3F)C2=O)cc(I)c1OS(=O)(=O)c1ccc(C)cc1. The van der Waals surface area contributed by atoms with Gasteiger partial charge >= 0.3 is 10.1 Å². The quantitative estimate of drug-likeness (QED) is 0.185. The lowest BCUT2D eigenvalue weighted by molar-refractivity contribution is -0.123. The van der Waals surface area contributed by atoms with E-state index in [2.05, 4.69) is 0 Å². The lowest BCUT2D eigenvalue weighted by Crippen LogP contribution is -2.27. The van der Waals surface area contributed by atoms with E-state index in [9.17, 15) is 22.4 Å². The van der Waals surface area contributed by atoms with Crippen LogP contribution in [-0.4, -0.2) is 31.6 Å². The van der Waals surface area contributed by atoms with Gasteiger partial charge in [0.15, 0.2) is 11.5 Å². The van der Waals surface area contributed by atoms with Gasteiger partial charge in [-0.15, -0.1) is 0 Å². The molecule has 0 radical (unpaired) electrons. The monoisotopic (exact) mass is 639 g/mol. The highest BCUT2D eigenvalue weighted by molar-refractivity contribution is 14.1. The van der Waals surface area contributed by atoms with Crippen LogP contribution in [0.5, 0.6) is 11.5 Å². The molecule has 3 aromatic rings. The molecule has 0 atom stereocenters. The molecule has 0 saturated carbocycles. The van der Waals surface area contributed by atoms with Crippen molar-refractivity contribution in [3.05, 3.63) is 91.6 Å². The number of aryl methyl sites for hydroxylation is 1. The summed E-state index contributed by atoms with van der Waals surface area (Å²) in [5.41, 5.74) is 1.63. The number of hydrogen-bond donors (Lipinski definition) is 0. The summed E-state index contributed by atoms with van der Waals surface area (Å²) in [5, 5.41) is -0.514. The van der Waals surface area contributed by atoms with Crippen LogP contribution in [0, 0.1) is 16.3 Å². The van der Waals surface area contributed by atoms with E-state index in [-0.39, 0.29) is 33.4 Å². The van der Waals surface area contributed by atoms with Crippen molar-refractivity contribution in [2.75, 3.05) is 7.11 Å². The molecular formula is C25H19FINO6S2. The van der Waals surface area contributed by atoms with Crippen LogP contribution < -0.4 is 8.92 Å². The van der Waals surface area contributed by atoms with Gasteiger partial charge in [-0.05, 0) is 83.2 Å². The number of imide groups is 1. The van der Waals surface area contributed by atoms with Gasteiger partial charge in [0.2, 0.25) is 0 Å². The molecule has 0 unspecified atom stereocenters. The summed E-state index contributed by atoms with van der Waals surface area (Å²) in [4.78, 5) is 26.4. The minimum absolute atomic E-state index is 0.00134. The topological polar surface area (TPSA) is 90.0 Å². The Hall–Kier alpha value is -2.90. The lowest BCUT2D eigenvalue weighted by Gasteiger charge is -2.14. The summed E-state index contributed by atoms with van der Waals surface area (Å²) in [7, 11) is -2.75. The zero-order chi connectivity index (χ0) is 26.0. The standard InChI is InChI=1S/C25H19FINO6S2/c1-15-7-9-18(10-8-15)36(31,32)34-23-20(27)11-16(12-21(23)33-2)13-22-24(29)28(25(30)35-22)14-17-5-3-4-6-19(17)26/h3-13H,14H2,1-2H3/b22-13-. The minimum atomic E-state index is -4.12. The third-order valence-corrected chi connectivity index (χ3v) is 8.16. The van der Waals surface area contributed by atoms with Gasteiger partial charge in [-0.1, -0.05) is 35.9 Å². The molecule has 2 amide bonds. The van der Waals surface area contributed by atoms with Crippen molar-refractivity contribution in [2.45, 2.75) is 18.4 Å². The van der Waals surface area contributed by atoms with Crippen LogP contribution in [0.3, 0.4) is 0 Å². The summed E-state index contributed by atoms with van der Waals surface area (Å²) >= 11 is 2.65. The highest BCUT2D eigenvalue weighted by atomic mass is 127. The van der Waals surface area contributed by atoms with E-state index in [1.165, 1.54) is 49.6 Å². The lowest BCUT2D eigenvalue weighted by atomic mass is 10.1. The predicted octanol–water partition coefficient (Wildman–Crippen LogP) is 5.75. The Labute approximate surface area is 225 Å². The number of nitrogens with zero attached hydrogens (tertiary/aromatic N) is 1. The van der Waals surface area contributed by atoms with Crippen LogP contribution in [0.15, 0.2) is 70.5 Å². The van der Waals surface area contributed by atoms with Gasteiger partial charge < -0.3 is 8.92 Å². The smallest absolute Gasteiger partial charge is 0.339 e. The van der Waals surface area contributed by atoms with Crippen LogP contribution in [0.25, 0.3) is 6.08 Å². The number of hydrogen-bond acceptors (Lipinski definition) is 7. The first kappa shape index (κ1) is 26.2. The maximum absolute atomic E-state index is 14.0. The van der Waals surface area contributed by atoms with E-state index < -0.39 is 27.1 Å². The van der Waals surface area contributed by atoms with Crippen molar-refractivity contribution in [1.29, 1.82) is 0 Å². The molecule has 4 rings (SSSR count). The van der Waals surface area contributed by atoms with Crippen LogP contribution in [0.1, 0.15) is 16.7 Å². The van der Waals surface area contributed by atoms with Gasteiger partial charge in [0.25, 0.3) is 11.1 Å². The van der Waals surface area contributed by atoms with E-state index in [4.69, 9.17) is 8.92 Å². The first-order valence-corrected chi connectivity index (χ1v) is 13.8. The normalized spacial score (nSPS) is 15.0. The molecular weight excluding hydrogens is 620 g/mol. The molecule has 1 heterocycles. The Morgan fingerprint density at radius 1 is 1.08 bits per heavy atom. The Bertz CT molecular complexity index is 1490. The van der Waals surface area contributed by atoms with Gasteiger partial charge in [0.1, 0.15) is 10.7 Å². The highest BCUT2D eigenvalue weighted by Crippen LogP contribution is 2.39. The van der Waals surface area contributed by atoms with Gasteiger partial charge in [0.05, 0.1) is 22.1 Å². The Morgan fingerprint density at radius 3 is 2.44 bits per heavy atom. The van der Waals surface area contributed by atoms with Crippen molar-refractivity contribution >= 4 is 61.7 Å². The summed E-state index contributed by atoms with van der Waals surface area (Å²) in [5.74, 6) is -0.918. The molecule has 11 heteroatoms. The number of ether oxygens (including phenoxy) is 1. The summed E-state index contributed by atoms with van der Waals surface area (Å²) in [6.45, 7) is 1.66. The average molecular weight is 639 g/mol. The summed E-state index contributed by atoms with van der Waals surface area (Å²) in [6.07, 6.45) is 1.50. The Kier molecular flexibility index (Phi) is 7.71. The number of carbonyl (C=O) groups excluding carboxylic acids is 2. The predicted molar refractivity (Wildman–Crippen MR) is 143 cm³/mol. The molecule has 0 aromatic heterocycles. The minimum Gasteiger partial charge on any atom is -0.493 e. The number of halogens is 2. The second kappa shape index (κ2) is 10.6. The highest BCUT2D eigenvalue weighted by Gasteiger charge is 2.35. The van der Waals surface area contributed by atoms with Crippen molar-refractivity contribution in [1.82, 2.24) is 4.90 Å². The molecule has 0 spiro atoms. The van der Waals surface area contributed by atoms with Gasteiger partial charge in [-0.25, -0.2) is 4.39 Å². The largest absolute Gasteiger partial charge is 0.493 e. The fraction of sp³-hybridized carbons (Fsp3) is 0.120. The first-order chi connectivity index (χ1) is 17.1. The zero-order valence-electron chi connectivity index (χ0n) is 19.0. The van der Waals surface area contributed by atoms with Crippen LogP contribution in [0.4, 0.5) is 9.18 Å². The second-order valence-electron chi connectivity index (χ2n) is 7.74. The zero-order valence-corrected chi connectivity index (χ0v) is 22.8. The van der Waals surface area contributed by atoms with Crippen molar-refractivity contribution in [2.24, 2.45) is 0 Å². The average Bonchev–Trinajstić information content (AvgIpc) is 3.09. The molecule has 1 aliphatic rings. The van der Waals surface area contributed by atoms with Crippen molar-refractivity contribution < 1.29 is 31.3 Å². The maximum Gasteiger partial charge on any atom is 0.339 e. The number of amides is 2. The molecule has 186 valence electrons. The molecule has 7 nitrogen and oxygen atoms in total. The van der Waals surface area contributed by atoms with E-state index in [1.807, 2.05) is 29.5 Å². The number of benzene rings is 3. The molecule has 0 aliphatic carbocycles. The molecule has 1 aliphatic heterocycles. The van der Waals surface area contributed by atoms with Crippen LogP contribution in [-0.2, 0) is 21.5 Å². The molecule has 0 N–H and O–H groups in total. The summed E-state index contributed by atoms with van der Waals surface area (Å²) < 4.78 is 50.7. The maximum atomic E-state index is 14.0. The van der Waals surface area contributed by atoms with Crippen LogP contribution in [0.2, 0.25) is 0 Å². The summed E-state index contributed by atoms with van der Waals surface area (Å²) in [6, 6.07) is 15.3. The first-order valence-electron chi connectivity index (χ1n) is 10.5. The number of methoxy groups -OCH3 is 1. The third-order valence-electron chi connectivity index (χ3n) is 5.21. The Balaban J connectivity index is 1.60. The van der Waals surface area contributed by atoms with Crippen molar-refractivity contribution in [3.63, 3.8) is 0 Å². The molecule has 1 saturated heterocycles. The third kappa shape index (κ3) is 5.57. The second-order valence-corrected chi connectivity index (χ2v) is 11.4. The van der Waals surface area contributed by atoms with Gasteiger partial charge in [0, 0.05) is 5.56 Å². The van der Waals surface area contributed by atoms with Gasteiger partial charge in [-0.3, -0.25) is 14.5 Å². The van der Waals surface area contributed by atoms with Crippen molar-refractivity contribution in [3.8, 4) is 11.5 Å². The number of carbonyl (C=O) groups is 2. The van der Waals surface area contributed by atoms with E-state index >= 15 is 0 Å². The van der Waals surface area contributed by atoms with E-state index in [0.717, 1.165) is 22.2 Å². The number of rotatable bonds is 7. The van der Waals surface area contributed by atoms with E-state index in [1.54, 1.807) is 24.3 Å². The van der Waals surface area contributed by atoms with Crippen LogP contribution >= 0.6 is 34.4 Å². The molecule has 3 aromatic carbocycles. The fourth-order valence-corrected chi connectivity index (χ4v) is 6.03. The fourth-order valence-electron chi connectivity index (χ4n) is 3.35.